The summed E-state index contributed by atoms with van der Waals surface area (Å²) in [5.74, 6) is 0.555. The lowest BCUT2D eigenvalue weighted by molar-refractivity contribution is 0.0783. The highest BCUT2D eigenvalue weighted by molar-refractivity contribution is 6.03. The molecule has 32 heavy (non-hydrogen) atoms. The van der Waals surface area contributed by atoms with E-state index in [9.17, 15) is 14.4 Å². The van der Waals surface area contributed by atoms with Crippen LogP contribution in [0.3, 0.4) is 0 Å². The maximum atomic E-state index is 12.9. The Labute approximate surface area is 184 Å². The maximum Gasteiger partial charge on any atom is 0.285 e. The van der Waals surface area contributed by atoms with Gasteiger partial charge in [-0.25, -0.2) is 4.98 Å². The Morgan fingerprint density at radius 2 is 1.84 bits per heavy atom. The number of pyridine rings is 1. The van der Waals surface area contributed by atoms with Crippen molar-refractivity contribution in [1.82, 2.24) is 19.4 Å². The van der Waals surface area contributed by atoms with Crippen LogP contribution in [0.1, 0.15) is 44.9 Å². The summed E-state index contributed by atoms with van der Waals surface area (Å²) in [5, 5.41) is 2.70. The second kappa shape index (κ2) is 7.71. The van der Waals surface area contributed by atoms with Gasteiger partial charge in [0.15, 0.2) is 0 Å². The number of benzene rings is 1. The molecule has 0 radical (unpaired) electrons. The molecule has 8 heteroatoms. The van der Waals surface area contributed by atoms with E-state index >= 15 is 0 Å². The normalized spacial score (nSPS) is 19.2. The molecule has 1 N–H and O–H groups in total. The molecule has 2 aliphatic heterocycles. The van der Waals surface area contributed by atoms with Crippen LogP contribution in [0.2, 0.25) is 0 Å². The van der Waals surface area contributed by atoms with Gasteiger partial charge in [0.2, 0.25) is 0 Å². The molecule has 1 aromatic carbocycles. The van der Waals surface area contributed by atoms with E-state index in [0.717, 1.165) is 18.4 Å². The average molecular weight is 429 g/mol. The van der Waals surface area contributed by atoms with Crippen LogP contribution in [0.15, 0.2) is 59.7 Å². The molecular weight excluding hydrogens is 406 g/mol. The zero-order valence-corrected chi connectivity index (χ0v) is 17.7. The van der Waals surface area contributed by atoms with Crippen molar-refractivity contribution in [3.8, 4) is 0 Å². The Kier molecular flexibility index (Phi) is 4.84. The molecule has 3 aromatic rings. The van der Waals surface area contributed by atoms with E-state index in [2.05, 4.69) is 15.3 Å². The smallest absolute Gasteiger partial charge is 0.285 e. The van der Waals surface area contributed by atoms with Crippen LogP contribution in [-0.4, -0.2) is 44.3 Å². The first-order chi connectivity index (χ1) is 15.5. The van der Waals surface area contributed by atoms with E-state index in [4.69, 9.17) is 0 Å². The summed E-state index contributed by atoms with van der Waals surface area (Å²) in [6.07, 6.45) is 4.70. The molecule has 162 valence electrons. The highest BCUT2D eigenvalue weighted by atomic mass is 16.2. The van der Waals surface area contributed by atoms with Gasteiger partial charge in [-0.05, 0) is 43.5 Å². The summed E-state index contributed by atoms with van der Waals surface area (Å²) >= 11 is 0. The first-order valence-electron chi connectivity index (χ1n) is 10.7. The van der Waals surface area contributed by atoms with E-state index in [-0.39, 0.29) is 16.9 Å². The number of nitrogens with zero attached hydrogens (tertiary/aromatic N) is 4. The number of carbonyl (C=O) groups excluding carboxylic acids is 2. The van der Waals surface area contributed by atoms with Crippen molar-refractivity contribution in [2.45, 2.75) is 31.7 Å². The van der Waals surface area contributed by atoms with Gasteiger partial charge in [0.25, 0.3) is 17.4 Å². The van der Waals surface area contributed by atoms with E-state index in [1.54, 1.807) is 18.5 Å². The maximum absolute atomic E-state index is 12.9. The molecule has 0 saturated carbocycles. The van der Waals surface area contributed by atoms with Gasteiger partial charge in [0, 0.05) is 43.0 Å². The Morgan fingerprint density at radius 3 is 2.62 bits per heavy atom. The SMILES string of the molecule is Cc1cccnc1NC(=O)c1cn2c(nc1=O)C1(CCN(C(=O)c3ccccc3)C1)CC2. The van der Waals surface area contributed by atoms with Gasteiger partial charge in [-0.2, -0.15) is 4.98 Å². The number of rotatable bonds is 3. The molecule has 4 heterocycles. The number of nitrogens with one attached hydrogen (secondary N) is 1. The topological polar surface area (TPSA) is 97.2 Å². The second-order valence-electron chi connectivity index (χ2n) is 8.47. The van der Waals surface area contributed by atoms with Crippen molar-refractivity contribution in [3.05, 3.63) is 87.7 Å². The van der Waals surface area contributed by atoms with E-state index in [1.807, 2.05) is 52.8 Å². The highest BCUT2D eigenvalue weighted by Crippen LogP contribution is 2.41. The molecule has 8 nitrogen and oxygen atoms in total. The predicted octanol–water partition coefficient (Wildman–Crippen LogP) is 2.39. The van der Waals surface area contributed by atoms with Gasteiger partial charge < -0.3 is 14.8 Å². The largest absolute Gasteiger partial charge is 0.338 e. The number of carbonyl (C=O) groups is 2. The molecule has 2 aliphatic rings. The quantitative estimate of drug-likeness (QED) is 0.690. The lowest BCUT2D eigenvalue weighted by Crippen LogP contribution is -2.36. The Bertz CT molecular complexity index is 1270. The van der Waals surface area contributed by atoms with Crippen LogP contribution in [0.5, 0.6) is 0 Å². The van der Waals surface area contributed by atoms with Crippen molar-refractivity contribution in [1.29, 1.82) is 0 Å². The Hall–Kier alpha value is -3.81. The van der Waals surface area contributed by atoms with E-state index < -0.39 is 11.5 Å². The van der Waals surface area contributed by atoms with Crippen molar-refractivity contribution in [2.75, 3.05) is 18.4 Å². The molecule has 1 fully saturated rings. The highest BCUT2D eigenvalue weighted by Gasteiger charge is 2.47. The van der Waals surface area contributed by atoms with Gasteiger partial charge in [0.1, 0.15) is 17.2 Å². The summed E-state index contributed by atoms with van der Waals surface area (Å²) in [7, 11) is 0. The van der Waals surface area contributed by atoms with Crippen LogP contribution in [-0.2, 0) is 12.0 Å². The fourth-order valence-electron chi connectivity index (χ4n) is 4.68. The molecule has 1 unspecified atom stereocenters. The lowest BCUT2D eigenvalue weighted by atomic mass is 9.85. The first-order valence-corrected chi connectivity index (χ1v) is 10.7. The first kappa shape index (κ1) is 20.1. The molecule has 2 aromatic heterocycles. The number of hydrogen-bond acceptors (Lipinski definition) is 5. The van der Waals surface area contributed by atoms with Gasteiger partial charge in [0.05, 0.1) is 0 Å². The molecule has 2 amide bonds. The van der Waals surface area contributed by atoms with Gasteiger partial charge in [-0.15, -0.1) is 0 Å². The number of likely N-dealkylation sites (tertiary alicyclic amines) is 1. The third-order valence-electron chi connectivity index (χ3n) is 6.45. The van der Waals surface area contributed by atoms with E-state index in [1.165, 1.54) is 0 Å². The minimum Gasteiger partial charge on any atom is -0.338 e. The molecule has 0 aliphatic carbocycles. The van der Waals surface area contributed by atoms with Crippen LogP contribution in [0, 0.1) is 6.92 Å². The minimum atomic E-state index is -0.559. The monoisotopic (exact) mass is 429 g/mol. The standard InChI is InChI=1S/C24H23N5O3/c1-16-6-5-11-25-19(16)26-20(30)18-14-28-12-9-24(23(28)27-21(18)31)10-13-29(15-24)22(32)17-7-3-2-4-8-17/h2-8,11,14H,9-10,12-13,15H2,1H3,(H,25,26,30). The molecule has 1 atom stereocenters. The van der Waals surface area contributed by atoms with Gasteiger partial charge >= 0.3 is 0 Å². The van der Waals surface area contributed by atoms with Crippen molar-refractivity contribution >= 4 is 17.6 Å². The predicted molar refractivity (Wildman–Crippen MR) is 119 cm³/mol. The molecule has 5 rings (SSSR count). The van der Waals surface area contributed by atoms with Crippen LogP contribution >= 0.6 is 0 Å². The summed E-state index contributed by atoms with van der Waals surface area (Å²) in [5.41, 5.74) is 0.548. The van der Waals surface area contributed by atoms with Crippen LogP contribution in [0.4, 0.5) is 5.82 Å². The molecule has 0 bridgehead atoms. The summed E-state index contributed by atoms with van der Waals surface area (Å²) in [4.78, 5) is 48.7. The zero-order valence-electron chi connectivity index (χ0n) is 17.7. The number of fused-ring (bicyclic) bond motifs is 2. The molecule has 1 spiro atoms. The number of anilines is 1. The third kappa shape index (κ3) is 3.37. The lowest BCUT2D eigenvalue weighted by Gasteiger charge is -2.23. The van der Waals surface area contributed by atoms with Gasteiger partial charge in [-0.1, -0.05) is 24.3 Å². The van der Waals surface area contributed by atoms with Crippen molar-refractivity contribution in [3.63, 3.8) is 0 Å². The summed E-state index contributed by atoms with van der Waals surface area (Å²) in [6.45, 7) is 3.62. The summed E-state index contributed by atoms with van der Waals surface area (Å²) in [6, 6.07) is 12.8. The molecular formula is C24H23N5O3. The Morgan fingerprint density at radius 1 is 1.06 bits per heavy atom. The number of amides is 2. The third-order valence-corrected chi connectivity index (χ3v) is 6.45. The summed E-state index contributed by atoms with van der Waals surface area (Å²) < 4.78 is 1.89. The fourth-order valence-corrected chi connectivity index (χ4v) is 4.68. The molecule has 1 saturated heterocycles. The van der Waals surface area contributed by atoms with E-state index in [0.29, 0.717) is 36.8 Å². The van der Waals surface area contributed by atoms with Gasteiger partial charge in [-0.3, -0.25) is 14.4 Å². The average Bonchev–Trinajstić information content (AvgIpc) is 3.39. The van der Waals surface area contributed by atoms with Crippen molar-refractivity contribution < 1.29 is 9.59 Å². The second-order valence-corrected chi connectivity index (χ2v) is 8.47. The van der Waals surface area contributed by atoms with Crippen LogP contribution in [0.25, 0.3) is 0 Å². The number of hydrogen-bond donors (Lipinski definition) is 1. The van der Waals surface area contributed by atoms with Crippen LogP contribution < -0.4 is 10.9 Å². The number of aromatic nitrogens is 3. The fraction of sp³-hybridized carbons (Fsp3) is 0.292. The Balaban J connectivity index is 1.39. The zero-order chi connectivity index (χ0) is 22.3. The van der Waals surface area contributed by atoms with Crippen molar-refractivity contribution in [2.24, 2.45) is 0 Å². The minimum absolute atomic E-state index is 0.00827. The number of aryl methyl sites for hydroxylation is 2.